The Morgan fingerprint density at radius 1 is 1.26 bits per heavy atom. The van der Waals surface area contributed by atoms with E-state index in [0.717, 1.165) is 19.4 Å². The molecule has 0 bridgehead atoms. The summed E-state index contributed by atoms with van der Waals surface area (Å²) in [6.07, 6.45) is 1.46. The molecule has 1 aliphatic rings. The van der Waals surface area contributed by atoms with Crippen molar-refractivity contribution in [2.45, 2.75) is 45.6 Å². The molecule has 1 saturated heterocycles. The van der Waals surface area contributed by atoms with Crippen molar-refractivity contribution in [3.05, 3.63) is 46.7 Å². The Kier molecular flexibility index (Phi) is 7.66. The van der Waals surface area contributed by atoms with Crippen molar-refractivity contribution in [3.63, 3.8) is 0 Å². The highest BCUT2D eigenvalue weighted by atomic mass is 35.5. The largest absolute Gasteiger partial charge is 0.382 e. The van der Waals surface area contributed by atoms with Gasteiger partial charge in [0, 0.05) is 19.2 Å². The van der Waals surface area contributed by atoms with Crippen LogP contribution in [0.2, 0.25) is 5.15 Å². The van der Waals surface area contributed by atoms with Gasteiger partial charge in [0.15, 0.2) is 22.5 Å². The molecule has 10 heteroatoms. The van der Waals surface area contributed by atoms with Gasteiger partial charge in [0.2, 0.25) is 0 Å². The van der Waals surface area contributed by atoms with Gasteiger partial charge in [-0.15, -0.1) is 0 Å². The fourth-order valence-corrected chi connectivity index (χ4v) is 3.65. The lowest BCUT2D eigenvalue weighted by atomic mass is 9.83. The Hall–Kier alpha value is -2.46. The van der Waals surface area contributed by atoms with E-state index in [1.165, 1.54) is 5.56 Å². The van der Waals surface area contributed by atoms with Gasteiger partial charge in [-0.05, 0) is 23.8 Å². The van der Waals surface area contributed by atoms with Crippen LogP contribution in [-0.2, 0) is 11.3 Å². The van der Waals surface area contributed by atoms with Gasteiger partial charge in [-0.25, -0.2) is 9.97 Å². The molecule has 2 unspecified atom stereocenters. The van der Waals surface area contributed by atoms with Gasteiger partial charge in [0.25, 0.3) is 5.91 Å². The van der Waals surface area contributed by atoms with E-state index in [0.29, 0.717) is 13.2 Å². The van der Waals surface area contributed by atoms with E-state index in [4.69, 9.17) is 27.8 Å². The van der Waals surface area contributed by atoms with Gasteiger partial charge in [-0.2, -0.15) is 0 Å². The van der Waals surface area contributed by atoms with Gasteiger partial charge in [0.05, 0.1) is 6.61 Å². The number of anilines is 2. The molecule has 1 fully saturated rings. The minimum atomic E-state index is -0.480. The van der Waals surface area contributed by atoms with Crippen molar-refractivity contribution >= 4 is 29.1 Å². The lowest BCUT2D eigenvalue weighted by Gasteiger charge is -2.28. The first-order chi connectivity index (χ1) is 14.7. The quantitative estimate of drug-likeness (QED) is 0.367. The van der Waals surface area contributed by atoms with E-state index >= 15 is 0 Å². The fourth-order valence-electron chi connectivity index (χ4n) is 3.53. The number of nitrogens with zero attached hydrogens (tertiary/aromatic N) is 2. The minimum absolute atomic E-state index is 0.0112. The SMILES string of the molecule is CC(C)(CCOCc1ccccc1)CC1CNC(NC(=O)c2nc(Cl)c(N)nc2N)N1. The van der Waals surface area contributed by atoms with Crippen molar-refractivity contribution < 1.29 is 9.53 Å². The monoisotopic (exact) mass is 447 g/mol. The number of halogens is 1. The summed E-state index contributed by atoms with van der Waals surface area (Å²) in [5.41, 5.74) is 12.5. The van der Waals surface area contributed by atoms with Crippen LogP contribution in [0, 0.1) is 5.41 Å². The van der Waals surface area contributed by atoms with Crippen LogP contribution in [0.4, 0.5) is 11.6 Å². The van der Waals surface area contributed by atoms with E-state index in [9.17, 15) is 4.79 Å². The zero-order valence-corrected chi connectivity index (χ0v) is 18.6. The van der Waals surface area contributed by atoms with Crippen LogP contribution in [-0.4, -0.2) is 41.4 Å². The highest BCUT2D eigenvalue weighted by Crippen LogP contribution is 2.27. The molecule has 1 aromatic heterocycles. The molecule has 0 radical (unpaired) electrons. The standard InChI is InChI=1S/C21H30ClN7O2/c1-21(2,8-9-31-12-13-6-4-3-5-7-13)10-14-11-25-20(26-14)29-19(30)15-17(23)28-18(24)16(22)27-15/h3-7,14,20,25-26H,8-12H2,1-2H3,(H,29,30)(H4,23,24,28). The Morgan fingerprint density at radius 3 is 2.74 bits per heavy atom. The Labute approximate surface area is 187 Å². The molecular formula is C21H30ClN7O2. The van der Waals surface area contributed by atoms with Crippen LogP contribution < -0.4 is 27.4 Å². The van der Waals surface area contributed by atoms with E-state index in [-0.39, 0.29) is 33.9 Å². The molecule has 0 aliphatic carbocycles. The molecule has 7 N–H and O–H groups in total. The summed E-state index contributed by atoms with van der Waals surface area (Å²) in [4.78, 5) is 20.2. The Balaban J connectivity index is 1.42. The van der Waals surface area contributed by atoms with E-state index in [2.05, 4.69) is 51.9 Å². The van der Waals surface area contributed by atoms with Crippen molar-refractivity contribution in [1.82, 2.24) is 25.9 Å². The first kappa shape index (κ1) is 23.2. The van der Waals surface area contributed by atoms with Crippen molar-refractivity contribution in [3.8, 4) is 0 Å². The lowest BCUT2D eigenvalue weighted by Crippen LogP contribution is -2.49. The number of aromatic nitrogens is 2. The van der Waals surface area contributed by atoms with Crippen LogP contribution in [0.3, 0.4) is 0 Å². The van der Waals surface area contributed by atoms with Crippen molar-refractivity contribution in [2.24, 2.45) is 5.41 Å². The number of amides is 1. The minimum Gasteiger partial charge on any atom is -0.382 e. The summed E-state index contributed by atoms with van der Waals surface area (Å²) in [7, 11) is 0. The van der Waals surface area contributed by atoms with Crippen LogP contribution in [0.1, 0.15) is 42.7 Å². The first-order valence-corrected chi connectivity index (χ1v) is 10.6. The molecule has 2 atom stereocenters. The third kappa shape index (κ3) is 6.76. The van der Waals surface area contributed by atoms with Crippen LogP contribution in [0.5, 0.6) is 0 Å². The summed E-state index contributed by atoms with van der Waals surface area (Å²) in [6, 6.07) is 10.3. The number of benzene rings is 1. The van der Waals surface area contributed by atoms with E-state index < -0.39 is 12.2 Å². The average Bonchev–Trinajstić information content (AvgIpc) is 3.14. The summed E-state index contributed by atoms with van der Waals surface area (Å²) in [6.45, 7) is 6.48. The summed E-state index contributed by atoms with van der Waals surface area (Å²) >= 11 is 5.85. The number of rotatable bonds is 9. The van der Waals surface area contributed by atoms with Gasteiger partial charge < -0.3 is 21.5 Å². The second-order valence-corrected chi connectivity index (χ2v) is 8.83. The van der Waals surface area contributed by atoms with Crippen LogP contribution in [0.25, 0.3) is 0 Å². The molecule has 2 aromatic rings. The first-order valence-electron chi connectivity index (χ1n) is 10.2. The van der Waals surface area contributed by atoms with Gasteiger partial charge in [-0.1, -0.05) is 55.8 Å². The molecule has 3 rings (SSSR count). The zero-order valence-electron chi connectivity index (χ0n) is 17.8. The number of hydrogen-bond donors (Lipinski definition) is 5. The highest BCUT2D eigenvalue weighted by Gasteiger charge is 2.30. The number of ether oxygens (including phenoxy) is 1. The number of carbonyl (C=O) groups is 1. The van der Waals surface area contributed by atoms with Gasteiger partial charge >= 0.3 is 0 Å². The number of hydrogen-bond acceptors (Lipinski definition) is 8. The van der Waals surface area contributed by atoms with Gasteiger partial charge in [0.1, 0.15) is 6.29 Å². The van der Waals surface area contributed by atoms with Crippen LogP contribution in [0.15, 0.2) is 30.3 Å². The van der Waals surface area contributed by atoms with E-state index in [1.54, 1.807) is 0 Å². The maximum absolute atomic E-state index is 12.5. The zero-order chi connectivity index (χ0) is 22.4. The average molecular weight is 448 g/mol. The highest BCUT2D eigenvalue weighted by molar-refractivity contribution is 6.31. The number of nitrogens with two attached hydrogens (primary N) is 2. The molecule has 0 spiro atoms. The number of nitrogen functional groups attached to an aromatic ring is 2. The molecule has 0 saturated carbocycles. The Bertz CT molecular complexity index is 895. The summed E-state index contributed by atoms with van der Waals surface area (Å²) < 4.78 is 5.83. The maximum atomic E-state index is 12.5. The maximum Gasteiger partial charge on any atom is 0.276 e. The molecular weight excluding hydrogens is 418 g/mol. The second kappa shape index (κ2) is 10.2. The molecule has 168 valence electrons. The number of carbonyl (C=O) groups excluding carboxylic acids is 1. The predicted molar refractivity (Wildman–Crippen MR) is 121 cm³/mol. The molecule has 31 heavy (non-hydrogen) atoms. The molecule has 9 nitrogen and oxygen atoms in total. The van der Waals surface area contributed by atoms with E-state index in [1.807, 2.05) is 18.2 Å². The molecule has 1 aromatic carbocycles. The normalized spacial score (nSPS) is 18.8. The third-order valence-electron chi connectivity index (χ3n) is 5.20. The third-order valence-corrected chi connectivity index (χ3v) is 5.48. The van der Waals surface area contributed by atoms with Crippen LogP contribution >= 0.6 is 11.6 Å². The Morgan fingerprint density at radius 2 is 2.00 bits per heavy atom. The second-order valence-electron chi connectivity index (χ2n) is 8.47. The molecule has 1 aliphatic heterocycles. The number of nitrogens with one attached hydrogen (secondary N) is 3. The fraction of sp³-hybridized carbons (Fsp3) is 0.476. The topological polar surface area (TPSA) is 140 Å². The molecule has 2 heterocycles. The molecule has 1 amide bonds. The van der Waals surface area contributed by atoms with Crippen molar-refractivity contribution in [2.75, 3.05) is 24.6 Å². The lowest BCUT2D eigenvalue weighted by molar-refractivity contribution is 0.0869. The predicted octanol–water partition coefficient (Wildman–Crippen LogP) is 1.89. The smallest absolute Gasteiger partial charge is 0.276 e. The summed E-state index contributed by atoms with van der Waals surface area (Å²) in [5, 5.41) is 9.37. The van der Waals surface area contributed by atoms with Gasteiger partial charge in [-0.3, -0.25) is 15.4 Å². The van der Waals surface area contributed by atoms with Crippen molar-refractivity contribution in [1.29, 1.82) is 0 Å². The summed E-state index contributed by atoms with van der Waals surface area (Å²) in [5.74, 6) is -0.556.